The van der Waals surface area contributed by atoms with E-state index in [-0.39, 0.29) is 0 Å². The molecule has 0 radical (unpaired) electrons. The number of aryl methyl sites for hydroxylation is 2. The van der Waals surface area contributed by atoms with E-state index in [2.05, 4.69) is 27.1 Å². The zero-order valence-corrected chi connectivity index (χ0v) is 10.6. The third-order valence-corrected chi connectivity index (χ3v) is 3.74. The lowest BCUT2D eigenvalue weighted by atomic mass is 9.95. The number of benzene rings is 1. The smallest absolute Gasteiger partial charge is 0.119 e. The van der Waals surface area contributed by atoms with E-state index < -0.39 is 0 Å². The maximum atomic E-state index is 5.31. The highest BCUT2D eigenvalue weighted by atomic mass is 16.5. The van der Waals surface area contributed by atoms with Crippen LogP contribution < -0.4 is 4.74 Å². The molecule has 4 rings (SSSR count). The molecule has 0 saturated heterocycles. The molecule has 0 saturated carbocycles. The molecular weight excluding hydrogens is 238 g/mol. The minimum Gasteiger partial charge on any atom is -0.497 e. The molecule has 0 spiro atoms. The normalized spacial score (nSPS) is 13.1. The molecule has 3 aromatic rings. The average molecular weight is 251 g/mol. The first-order valence-electron chi connectivity index (χ1n) is 6.35. The molecule has 0 unspecified atom stereocenters. The largest absolute Gasteiger partial charge is 0.497 e. The zero-order valence-electron chi connectivity index (χ0n) is 10.6. The Labute approximate surface area is 110 Å². The van der Waals surface area contributed by atoms with Crippen LogP contribution in [0.5, 0.6) is 5.75 Å². The summed E-state index contributed by atoms with van der Waals surface area (Å²) in [7, 11) is 1.70. The second-order valence-corrected chi connectivity index (χ2v) is 4.74. The van der Waals surface area contributed by atoms with Gasteiger partial charge in [0.15, 0.2) is 0 Å². The van der Waals surface area contributed by atoms with Crippen molar-refractivity contribution in [3.63, 3.8) is 0 Å². The van der Waals surface area contributed by atoms with E-state index in [1.54, 1.807) is 19.5 Å². The van der Waals surface area contributed by atoms with Crippen LogP contribution in [0.4, 0.5) is 0 Å². The lowest BCUT2D eigenvalue weighted by Gasteiger charge is -2.13. The molecule has 1 N–H and O–H groups in total. The van der Waals surface area contributed by atoms with E-state index in [9.17, 15) is 0 Å². The van der Waals surface area contributed by atoms with E-state index in [1.807, 2.05) is 6.07 Å². The van der Waals surface area contributed by atoms with Gasteiger partial charge in [-0.3, -0.25) is 9.97 Å². The van der Waals surface area contributed by atoms with E-state index in [0.717, 1.165) is 41.2 Å². The number of aromatic nitrogens is 3. The Hall–Kier alpha value is -2.36. The standard InChI is InChI=1S/C15H13N3O/c1-19-9-2-4-12-11(8-9)10-3-5-13-15(14(10)18-12)17-7-6-16-13/h2,4,6-8,18H,3,5H2,1H3. The fourth-order valence-electron chi connectivity index (χ4n) is 2.82. The fourth-order valence-corrected chi connectivity index (χ4v) is 2.82. The minimum absolute atomic E-state index is 0.888. The van der Waals surface area contributed by atoms with E-state index >= 15 is 0 Å². The van der Waals surface area contributed by atoms with Gasteiger partial charge in [0, 0.05) is 23.3 Å². The minimum atomic E-state index is 0.888. The van der Waals surface area contributed by atoms with Gasteiger partial charge in [-0.2, -0.15) is 0 Å². The monoisotopic (exact) mass is 251 g/mol. The summed E-state index contributed by atoms with van der Waals surface area (Å²) in [4.78, 5) is 12.4. The van der Waals surface area contributed by atoms with Crippen molar-refractivity contribution in [3.8, 4) is 17.1 Å². The Morgan fingerprint density at radius 3 is 2.95 bits per heavy atom. The molecule has 4 heteroatoms. The Balaban J connectivity index is 2.02. The van der Waals surface area contributed by atoms with Gasteiger partial charge in [0.05, 0.1) is 18.5 Å². The highest BCUT2D eigenvalue weighted by molar-refractivity contribution is 5.92. The van der Waals surface area contributed by atoms with Gasteiger partial charge in [0.1, 0.15) is 11.4 Å². The molecule has 0 amide bonds. The van der Waals surface area contributed by atoms with Gasteiger partial charge in [0.2, 0.25) is 0 Å². The number of nitrogens with zero attached hydrogens (tertiary/aromatic N) is 2. The van der Waals surface area contributed by atoms with Crippen LogP contribution in [-0.4, -0.2) is 22.1 Å². The highest BCUT2D eigenvalue weighted by Gasteiger charge is 2.22. The molecule has 0 fully saturated rings. The number of fused-ring (bicyclic) bond motifs is 5. The molecule has 1 aromatic carbocycles. The summed E-state index contributed by atoms with van der Waals surface area (Å²) < 4.78 is 5.31. The predicted octanol–water partition coefficient (Wildman–Crippen LogP) is 2.73. The van der Waals surface area contributed by atoms with Crippen LogP contribution in [0.1, 0.15) is 11.3 Å². The van der Waals surface area contributed by atoms with Crippen molar-refractivity contribution >= 4 is 10.9 Å². The summed E-state index contributed by atoms with van der Waals surface area (Å²) in [5.41, 5.74) is 5.62. The van der Waals surface area contributed by atoms with E-state index in [1.165, 1.54) is 10.9 Å². The summed E-state index contributed by atoms with van der Waals surface area (Å²) in [6.45, 7) is 0. The molecular formula is C15H13N3O. The van der Waals surface area contributed by atoms with Crippen LogP contribution >= 0.6 is 0 Å². The van der Waals surface area contributed by atoms with Crippen LogP contribution in [0.3, 0.4) is 0 Å². The molecule has 2 aromatic heterocycles. The van der Waals surface area contributed by atoms with Gasteiger partial charge in [-0.25, -0.2) is 0 Å². The highest BCUT2D eigenvalue weighted by Crippen LogP contribution is 2.36. The van der Waals surface area contributed by atoms with Gasteiger partial charge in [-0.1, -0.05) is 0 Å². The molecule has 4 nitrogen and oxygen atoms in total. The Kier molecular flexibility index (Phi) is 2.12. The van der Waals surface area contributed by atoms with Crippen molar-refractivity contribution in [3.05, 3.63) is 41.9 Å². The maximum Gasteiger partial charge on any atom is 0.119 e. The van der Waals surface area contributed by atoms with Gasteiger partial charge in [-0.15, -0.1) is 0 Å². The average Bonchev–Trinajstić information content (AvgIpc) is 2.85. The van der Waals surface area contributed by atoms with Crippen molar-refractivity contribution in [2.24, 2.45) is 0 Å². The van der Waals surface area contributed by atoms with Crippen LogP contribution in [0.15, 0.2) is 30.6 Å². The maximum absolute atomic E-state index is 5.31. The molecule has 2 heterocycles. The number of ether oxygens (including phenoxy) is 1. The lowest BCUT2D eigenvalue weighted by molar-refractivity contribution is 0.415. The quantitative estimate of drug-likeness (QED) is 0.723. The predicted molar refractivity (Wildman–Crippen MR) is 73.3 cm³/mol. The molecule has 1 aliphatic carbocycles. The van der Waals surface area contributed by atoms with Crippen molar-refractivity contribution in [2.75, 3.05) is 7.11 Å². The van der Waals surface area contributed by atoms with Gasteiger partial charge >= 0.3 is 0 Å². The number of rotatable bonds is 1. The third-order valence-electron chi connectivity index (χ3n) is 3.74. The van der Waals surface area contributed by atoms with E-state index in [4.69, 9.17) is 4.74 Å². The van der Waals surface area contributed by atoms with Crippen LogP contribution in [-0.2, 0) is 12.8 Å². The Morgan fingerprint density at radius 2 is 2.05 bits per heavy atom. The number of hydrogen-bond donors (Lipinski definition) is 1. The third kappa shape index (κ3) is 1.46. The van der Waals surface area contributed by atoms with Crippen molar-refractivity contribution < 1.29 is 4.74 Å². The number of hydrogen-bond acceptors (Lipinski definition) is 3. The summed E-state index contributed by atoms with van der Waals surface area (Å²) in [5.74, 6) is 0.888. The number of H-pyrrole nitrogens is 1. The Morgan fingerprint density at radius 1 is 1.16 bits per heavy atom. The zero-order chi connectivity index (χ0) is 12.8. The first-order chi connectivity index (χ1) is 9.36. The van der Waals surface area contributed by atoms with Crippen LogP contribution in [0.2, 0.25) is 0 Å². The van der Waals surface area contributed by atoms with Crippen molar-refractivity contribution in [1.29, 1.82) is 0 Å². The molecule has 1 aliphatic rings. The number of methoxy groups -OCH3 is 1. The first kappa shape index (κ1) is 10.6. The first-order valence-corrected chi connectivity index (χ1v) is 6.35. The fraction of sp³-hybridized carbons (Fsp3) is 0.200. The molecule has 94 valence electrons. The summed E-state index contributed by atoms with van der Waals surface area (Å²) >= 11 is 0. The van der Waals surface area contributed by atoms with Crippen LogP contribution in [0.25, 0.3) is 22.3 Å². The van der Waals surface area contributed by atoms with E-state index in [0.29, 0.717) is 0 Å². The summed E-state index contributed by atoms with van der Waals surface area (Å²) in [6, 6.07) is 6.12. The molecule has 19 heavy (non-hydrogen) atoms. The molecule has 0 atom stereocenters. The SMILES string of the molecule is COc1ccc2[nH]c3c(c2c1)CCc1nccnc1-3. The van der Waals surface area contributed by atoms with Gasteiger partial charge in [0.25, 0.3) is 0 Å². The lowest BCUT2D eigenvalue weighted by Crippen LogP contribution is -2.06. The second kappa shape index (κ2) is 3.82. The Bertz CT molecular complexity index is 776. The van der Waals surface area contributed by atoms with Crippen molar-refractivity contribution in [1.82, 2.24) is 15.0 Å². The number of aromatic amines is 1. The van der Waals surface area contributed by atoms with Gasteiger partial charge < -0.3 is 9.72 Å². The van der Waals surface area contributed by atoms with Crippen LogP contribution in [0, 0.1) is 0 Å². The van der Waals surface area contributed by atoms with Gasteiger partial charge in [-0.05, 0) is 36.6 Å². The summed E-state index contributed by atoms with van der Waals surface area (Å²) in [6.07, 6.45) is 5.45. The molecule has 0 bridgehead atoms. The summed E-state index contributed by atoms with van der Waals surface area (Å²) in [5, 5.41) is 1.23. The second-order valence-electron chi connectivity index (χ2n) is 4.74. The van der Waals surface area contributed by atoms with Crippen molar-refractivity contribution in [2.45, 2.75) is 12.8 Å². The number of nitrogens with one attached hydrogen (secondary N) is 1. The topological polar surface area (TPSA) is 50.8 Å². The molecule has 0 aliphatic heterocycles.